The number of methoxy groups -OCH3 is 1. The number of nitrogens with zero attached hydrogens (tertiary/aromatic N) is 6. The predicted molar refractivity (Wildman–Crippen MR) is 172 cm³/mol. The predicted octanol–water partition coefficient (Wildman–Crippen LogP) is 5.60. The number of pyridine rings is 1. The molecule has 1 saturated carbocycles. The van der Waals surface area contributed by atoms with Gasteiger partial charge in [0, 0.05) is 67.8 Å². The highest BCUT2D eigenvalue weighted by Crippen LogP contribution is 2.38. The average molecular weight is 596 g/mol. The summed E-state index contributed by atoms with van der Waals surface area (Å²) < 4.78 is 9.23. The summed E-state index contributed by atoms with van der Waals surface area (Å²) in [6, 6.07) is 13.1. The molecule has 1 aliphatic carbocycles. The Hall–Kier alpha value is -4.34. The topological polar surface area (TPSA) is 99.2 Å². The van der Waals surface area contributed by atoms with Gasteiger partial charge in [0.15, 0.2) is 0 Å². The van der Waals surface area contributed by atoms with Crippen molar-refractivity contribution in [2.75, 3.05) is 45.2 Å². The number of amides is 2. The maximum atomic E-state index is 13.3. The smallest absolute Gasteiger partial charge is 0.409 e. The normalized spacial score (nSPS) is 17.9. The highest BCUT2D eigenvalue weighted by molar-refractivity contribution is 5.98. The molecule has 0 radical (unpaired) electrons. The van der Waals surface area contributed by atoms with E-state index in [1.807, 2.05) is 29.9 Å². The molecule has 0 spiro atoms. The van der Waals surface area contributed by atoms with Gasteiger partial charge in [0.25, 0.3) is 5.91 Å². The molecule has 3 fully saturated rings. The summed E-state index contributed by atoms with van der Waals surface area (Å²) in [5.41, 5.74) is 7.79. The minimum atomic E-state index is -0.274. The Bertz CT molecular complexity index is 1760. The second-order valence-corrected chi connectivity index (χ2v) is 12.8. The maximum absolute atomic E-state index is 13.3. The van der Waals surface area contributed by atoms with Gasteiger partial charge in [-0.1, -0.05) is 6.07 Å². The molecule has 0 bridgehead atoms. The lowest BCUT2D eigenvalue weighted by Gasteiger charge is -2.37. The fourth-order valence-electron chi connectivity index (χ4n) is 6.97. The molecule has 0 unspecified atom stereocenters. The third-order valence-electron chi connectivity index (χ3n) is 9.81. The van der Waals surface area contributed by atoms with E-state index >= 15 is 0 Å². The van der Waals surface area contributed by atoms with E-state index in [4.69, 9.17) is 15.2 Å². The number of hydrogen-bond acceptors (Lipinski definition) is 6. The van der Waals surface area contributed by atoms with Gasteiger partial charge < -0.3 is 29.4 Å². The van der Waals surface area contributed by atoms with Crippen LogP contribution in [0, 0.1) is 18.3 Å². The van der Waals surface area contributed by atoms with Crippen LogP contribution < -0.4 is 4.90 Å². The Labute approximate surface area is 257 Å². The molecular formula is C34H41N7O3. The van der Waals surface area contributed by atoms with Crippen LogP contribution in [0.5, 0.6) is 0 Å². The van der Waals surface area contributed by atoms with Gasteiger partial charge in [0.2, 0.25) is 0 Å². The standard InChI is InChI=1S/C34H41N7O3/c1-22-29-11-9-25(33(42)39-14-4-5-26(35)21-39)20-41(29)36-32(22)31-17-24-8-10-28(18-30(24)40(31)19-23-6-7-23)38-15-12-27(13-16-38)37(2)34(43)44-3/h8-11,17-18,20,23,27,35H,4-7,12-16,19,21H2,1-3H3. The first-order valence-corrected chi connectivity index (χ1v) is 15.8. The first-order chi connectivity index (χ1) is 21.3. The summed E-state index contributed by atoms with van der Waals surface area (Å²) in [6.07, 6.45) is 7.51. The highest BCUT2D eigenvalue weighted by atomic mass is 16.5. The van der Waals surface area contributed by atoms with Crippen LogP contribution in [0.1, 0.15) is 54.4 Å². The third-order valence-corrected chi connectivity index (χ3v) is 9.81. The lowest BCUT2D eigenvalue weighted by atomic mass is 10.0. The molecule has 4 aromatic rings. The van der Waals surface area contributed by atoms with Crippen LogP contribution in [-0.4, -0.2) is 88.1 Å². The second-order valence-electron chi connectivity index (χ2n) is 12.8. The van der Waals surface area contributed by atoms with Gasteiger partial charge in [-0.2, -0.15) is 5.10 Å². The average Bonchev–Trinajstić information content (AvgIpc) is 3.73. The van der Waals surface area contributed by atoms with Gasteiger partial charge >= 0.3 is 6.09 Å². The number of rotatable bonds is 6. The summed E-state index contributed by atoms with van der Waals surface area (Å²) in [4.78, 5) is 31.2. The quantitative estimate of drug-likeness (QED) is 0.313. The molecule has 2 amide bonds. The van der Waals surface area contributed by atoms with Crippen molar-refractivity contribution in [1.29, 1.82) is 5.41 Å². The lowest BCUT2D eigenvalue weighted by molar-refractivity contribution is 0.0768. The lowest BCUT2D eigenvalue weighted by Crippen LogP contribution is -2.45. The van der Waals surface area contributed by atoms with Crippen LogP contribution in [0.4, 0.5) is 10.5 Å². The van der Waals surface area contributed by atoms with Crippen molar-refractivity contribution in [2.24, 2.45) is 5.92 Å². The van der Waals surface area contributed by atoms with Gasteiger partial charge in [-0.05, 0) is 81.7 Å². The van der Waals surface area contributed by atoms with Crippen LogP contribution in [0.2, 0.25) is 0 Å². The highest BCUT2D eigenvalue weighted by Gasteiger charge is 2.29. The molecule has 5 heterocycles. The number of benzene rings is 1. The monoisotopic (exact) mass is 595 g/mol. The van der Waals surface area contributed by atoms with E-state index in [1.165, 1.54) is 36.5 Å². The Balaban J connectivity index is 1.20. The zero-order chi connectivity index (χ0) is 30.5. The zero-order valence-corrected chi connectivity index (χ0v) is 25.9. The SMILES string of the molecule is COC(=O)N(C)C1CCN(c2ccc3cc(-c4nn5cc(C(=O)N6CCCC(=N)C6)ccc5c4C)n(CC4CC4)c3c2)CC1. The van der Waals surface area contributed by atoms with Gasteiger partial charge in [-0.3, -0.25) is 4.79 Å². The largest absolute Gasteiger partial charge is 0.453 e. The summed E-state index contributed by atoms with van der Waals surface area (Å²) in [7, 11) is 3.26. The molecule has 44 heavy (non-hydrogen) atoms. The molecule has 0 atom stereocenters. The summed E-state index contributed by atoms with van der Waals surface area (Å²) in [5.74, 6) is 0.643. The number of aryl methyl sites for hydroxylation is 1. The van der Waals surface area contributed by atoms with E-state index in [-0.39, 0.29) is 18.0 Å². The van der Waals surface area contributed by atoms with Crippen molar-refractivity contribution in [3.05, 3.63) is 53.7 Å². The van der Waals surface area contributed by atoms with Crippen molar-refractivity contribution < 1.29 is 14.3 Å². The molecule has 3 aliphatic rings. The number of hydrogen-bond donors (Lipinski definition) is 1. The number of fused-ring (bicyclic) bond motifs is 2. The summed E-state index contributed by atoms with van der Waals surface area (Å²) in [6.45, 7) is 5.95. The fourth-order valence-corrected chi connectivity index (χ4v) is 6.97. The molecule has 2 aliphatic heterocycles. The number of ether oxygens (including phenoxy) is 1. The molecule has 10 nitrogen and oxygen atoms in total. The number of carbonyl (C=O) groups is 2. The summed E-state index contributed by atoms with van der Waals surface area (Å²) in [5, 5.41) is 14.3. The van der Waals surface area contributed by atoms with Crippen molar-refractivity contribution in [3.8, 4) is 11.4 Å². The van der Waals surface area contributed by atoms with Crippen molar-refractivity contribution in [2.45, 2.75) is 58.0 Å². The zero-order valence-electron chi connectivity index (χ0n) is 25.9. The second kappa shape index (κ2) is 11.3. The Morgan fingerprint density at radius 2 is 1.84 bits per heavy atom. The van der Waals surface area contributed by atoms with E-state index < -0.39 is 0 Å². The van der Waals surface area contributed by atoms with E-state index in [0.29, 0.717) is 30.3 Å². The van der Waals surface area contributed by atoms with E-state index in [0.717, 1.165) is 67.8 Å². The molecule has 10 heteroatoms. The molecule has 3 aromatic heterocycles. The molecule has 230 valence electrons. The van der Waals surface area contributed by atoms with Gasteiger partial charge in [-0.25, -0.2) is 9.31 Å². The number of aromatic nitrogens is 3. The maximum Gasteiger partial charge on any atom is 0.409 e. The van der Waals surface area contributed by atoms with Crippen molar-refractivity contribution in [3.63, 3.8) is 0 Å². The first-order valence-electron chi connectivity index (χ1n) is 15.8. The van der Waals surface area contributed by atoms with Crippen LogP contribution in [0.25, 0.3) is 27.8 Å². The minimum absolute atomic E-state index is 0.0394. The summed E-state index contributed by atoms with van der Waals surface area (Å²) >= 11 is 0. The van der Waals surface area contributed by atoms with E-state index in [2.05, 4.69) is 40.7 Å². The number of carbonyl (C=O) groups excluding carboxylic acids is 2. The van der Waals surface area contributed by atoms with Crippen LogP contribution in [0.15, 0.2) is 42.6 Å². The third kappa shape index (κ3) is 5.20. The molecule has 7 rings (SSSR count). The Morgan fingerprint density at radius 1 is 1.05 bits per heavy atom. The van der Waals surface area contributed by atoms with Crippen LogP contribution >= 0.6 is 0 Å². The minimum Gasteiger partial charge on any atom is -0.453 e. The van der Waals surface area contributed by atoms with Crippen LogP contribution in [0.3, 0.4) is 0 Å². The van der Waals surface area contributed by atoms with Gasteiger partial charge in [0.05, 0.1) is 35.9 Å². The number of anilines is 1. The fraction of sp³-hybridized carbons (Fsp3) is 0.471. The Kier molecular flexibility index (Phi) is 7.30. The van der Waals surface area contributed by atoms with E-state index in [1.54, 1.807) is 9.80 Å². The number of piperidine rings is 2. The molecule has 2 saturated heterocycles. The van der Waals surface area contributed by atoms with Crippen molar-refractivity contribution in [1.82, 2.24) is 24.0 Å². The van der Waals surface area contributed by atoms with Crippen molar-refractivity contribution >= 4 is 39.8 Å². The molecule has 1 aromatic carbocycles. The first kappa shape index (κ1) is 28.4. The van der Waals surface area contributed by atoms with Gasteiger partial charge in [-0.15, -0.1) is 0 Å². The van der Waals surface area contributed by atoms with Gasteiger partial charge in [0.1, 0.15) is 5.69 Å². The number of likely N-dealkylation sites (tertiary alicyclic amines) is 1. The van der Waals surface area contributed by atoms with Crippen LogP contribution in [-0.2, 0) is 11.3 Å². The van der Waals surface area contributed by atoms with E-state index in [9.17, 15) is 9.59 Å². The Morgan fingerprint density at radius 3 is 2.57 bits per heavy atom. The number of nitrogens with one attached hydrogen (secondary N) is 1. The molecule has 1 N–H and O–H groups in total. The molecular weight excluding hydrogens is 554 g/mol.